The molecule has 0 unspecified atom stereocenters. The first-order valence-corrected chi connectivity index (χ1v) is 14.3. The molecule has 4 N–H and O–H groups in total. The summed E-state index contributed by atoms with van der Waals surface area (Å²) in [5.74, 6) is 0.538. The minimum atomic E-state index is -0.439. The number of H-pyrrole nitrogens is 1. The molecule has 0 spiro atoms. The number of aromatic nitrogens is 1. The Balaban J connectivity index is 1.40. The molecule has 4 aromatic rings. The highest BCUT2D eigenvalue weighted by Crippen LogP contribution is 2.50. The number of fused-ring (bicyclic) bond motifs is 4. The van der Waals surface area contributed by atoms with Crippen LogP contribution < -0.4 is 35.6 Å². The molecule has 0 saturated heterocycles. The maximum absolute atomic E-state index is 13.7. The van der Waals surface area contributed by atoms with E-state index in [0.29, 0.717) is 54.2 Å². The molecule has 1 aliphatic carbocycles. The number of amides is 2. The number of hydrogen-bond acceptors (Lipinski definition) is 7. The molecule has 230 valence electrons. The Morgan fingerprint density at radius 3 is 2.55 bits per heavy atom. The molecule has 0 fully saturated rings. The Morgan fingerprint density at radius 1 is 1.02 bits per heavy atom. The number of carbonyl (C=O) groups excluding carboxylic acids is 2. The largest absolute Gasteiger partial charge is 0.493 e. The minimum Gasteiger partial charge on any atom is -0.493 e. The molecule has 1 aliphatic rings. The number of ether oxygens (including phenoxy) is 3. The minimum absolute atomic E-state index is 0.132. The smallest absolute Gasteiger partial charge is 0.239 e. The van der Waals surface area contributed by atoms with Crippen LogP contribution in [0.15, 0.2) is 53.5 Å². The number of rotatable bonds is 10. The molecule has 0 bridgehead atoms. The average Bonchev–Trinajstić information content (AvgIpc) is 3.25. The summed E-state index contributed by atoms with van der Waals surface area (Å²) in [7, 11) is 4.62. The summed E-state index contributed by atoms with van der Waals surface area (Å²) < 4.78 is 30.7. The van der Waals surface area contributed by atoms with Crippen molar-refractivity contribution in [3.05, 3.63) is 81.4 Å². The zero-order valence-corrected chi connectivity index (χ0v) is 25.1. The van der Waals surface area contributed by atoms with E-state index in [-0.39, 0.29) is 35.3 Å². The lowest BCUT2D eigenvalue weighted by Gasteiger charge is -2.19. The Hall–Kier alpha value is -5.06. The topological polar surface area (TPSA) is 131 Å². The van der Waals surface area contributed by atoms with Gasteiger partial charge in [0, 0.05) is 36.1 Å². The molecular weight excluding hydrogens is 567 g/mol. The molecule has 0 aliphatic heterocycles. The van der Waals surface area contributed by atoms with E-state index in [2.05, 4.69) is 20.9 Å². The Morgan fingerprint density at radius 2 is 1.82 bits per heavy atom. The van der Waals surface area contributed by atoms with E-state index in [1.165, 1.54) is 39.3 Å². The second-order valence-electron chi connectivity index (χ2n) is 10.6. The fourth-order valence-corrected chi connectivity index (χ4v) is 5.79. The zero-order valence-electron chi connectivity index (χ0n) is 25.1. The van der Waals surface area contributed by atoms with Crippen LogP contribution in [0.5, 0.6) is 17.2 Å². The van der Waals surface area contributed by atoms with Crippen LogP contribution in [0.1, 0.15) is 36.1 Å². The first-order valence-electron chi connectivity index (χ1n) is 14.3. The van der Waals surface area contributed by atoms with Crippen molar-refractivity contribution in [3.8, 4) is 28.4 Å². The third kappa shape index (κ3) is 6.17. The van der Waals surface area contributed by atoms with Gasteiger partial charge in [-0.1, -0.05) is 6.07 Å². The van der Waals surface area contributed by atoms with Crippen molar-refractivity contribution in [1.82, 2.24) is 15.6 Å². The average molecular weight is 603 g/mol. The highest BCUT2D eigenvalue weighted by atomic mass is 19.1. The first-order chi connectivity index (χ1) is 21.2. The summed E-state index contributed by atoms with van der Waals surface area (Å²) in [6.07, 6.45) is 3.44. The molecule has 1 aromatic heterocycles. The molecule has 5 rings (SSSR count). The standard InChI is InChI=1S/C33H35FN4O6/c1-18(39)38-26-8-5-19-13-29(42-2)32(43-3)33(44-4)31(19)22-7-10-27(28(40)15-24(22)26)37-17-30(41)35-12-11-20-16-36-25-9-6-21(34)14-23(20)25/h6-7,9-10,13-16,26,36H,5,8,11-12,17H2,1-4H3,(H,35,41)(H,37,40)(H,38,39)/t26-/m0/s1. The van der Waals surface area contributed by atoms with Gasteiger partial charge in [-0.05, 0) is 77.9 Å². The van der Waals surface area contributed by atoms with Crippen LogP contribution in [0.3, 0.4) is 0 Å². The number of carbonyl (C=O) groups is 2. The van der Waals surface area contributed by atoms with Crippen molar-refractivity contribution >= 4 is 28.4 Å². The summed E-state index contributed by atoms with van der Waals surface area (Å²) in [5, 5.41) is 9.55. The van der Waals surface area contributed by atoms with Gasteiger partial charge in [0.2, 0.25) is 23.0 Å². The van der Waals surface area contributed by atoms with Crippen LogP contribution >= 0.6 is 0 Å². The van der Waals surface area contributed by atoms with Gasteiger partial charge in [-0.25, -0.2) is 4.39 Å². The normalized spacial score (nSPS) is 13.7. The molecule has 11 heteroatoms. The van der Waals surface area contributed by atoms with Crippen LogP contribution in [0.4, 0.5) is 10.1 Å². The molecule has 0 saturated carbocycles. The molecule has 10 nitrogen and oxygen atoms in total. The van der Waals surface area contributed by atoms with Crippen molar-refractivity contribution in [1.29, 1.82) is 0 Å². The van der Waals surface area contributed by atoms with E-state index in [4.69, 9.17) is 14.2 Å². The maximum Gasteiger partial charge on any atom is 0.239 e. The quantitative estimate of drug-likeness (QED) is 0.214. The van der Waals surface area contributed by atoms with Crippen molar-refractivity contribution < 1.29 is 28.2 Å². The van der Waals surface area contributed by atoms with Crippen LogP contribution in [0.25, 0.3) is 22.0 Å². The van der Waals surface area contributed by atoms with Gasteiger partial charge in [0.05, 0.1) is 39.6 Å². The van der Waals surface area contributed by atoms with Gasteiger partial charge in [0.1, 0.15) is 5.82 Å². The van der Waals surface area contributed by atoms with E-state index >= 15 is 0 Å². The zero-order chi connectivity index (χ0) is 31.4. The van der Waals surface area contributed by atoms with Gasteiger partial charge in [-0.2, -0.15) is 0 Å². The molecule has 3 aromatic carbocycles. The molecular formula is C33H35FN4O6. The Kier molecular flexibility index (Phi) is 9.03. The second kappa shape index (κ2) is 13.1. The van der Waals surface area contributed by atoms with Gasteiger partial charge in [-0.3, -0.25) is 14.4 Å². The highest BCUT2D eigenvalue weighted by molar-refractivity contribution is 5.85. The molecule has 0 radical (unpaired) electrons. The molecule has 44 heavy (non-hydrogen) atoms. The van der Waals surface area contributed by atoms with E-state index in [1.54, 1.807) is 31.5 Å². The fraction of sp³-hybridized carbons (Fsp3) is 0.303. The monoisotopic (exact) mass is 602 g/mol. The van der Waals surface area contributed by atoms with Gasteiger partial charge < -0.3 is 35.1 Å². The van der Waals surface area contributed by atoms with E-state index in [0.717, 1.165) is 27.6 Å². The third-order valence-electron chi connectivity index (χ3n) is 7.80. The van der Waals surface area contributed by atoms with E-state index in [9.17, 15) is 18.8 Å². The predicted molar refractivity (Wildman–Crippen MR) is 166 cm³/mol. The van der Waals surface area contributed by atoms with Crippen molar-refractivity contribution in [2.24, 2.45) is 0 Å². The van der Waals surface area contributed by atoms with E-state index < -0.39 is 6.04 Å². The van der Waals surface area contributed by atoms with E-state index in [1.807, 2.05) is 6.07 Å². The predicted octanol–water partition coefficient (Wildman–Crippen LogP) is 4.25. The number of hydrogen-bond donors (Lipinski definition) is 4. The number of aromatic amines is 1. The molecule has 2 amide bonds. The van der Waals surface area contributed by atoms with Crippen molar-refractivity contribution in [2.75, 3.05) is 39.7 Å². The van der Waals surface area contributed by atoms with Crippen LogP contribution in [0, 0.1) is 5.82 Å². The van der Waals surface area contributed by atoms with Gasteiger partial charge in [0.15, 0.2) is 11.5 Å². The van der Waals surface area contributed by atoms with Gasteiger partial charge in [0.25, 0.3) is 0 Å². The van der Waals surface area contributed by atoms with Crippen LogP contribution in [0.2, 0.25) is 0 Å². The maximum atomic E-state index is 13.7. The Labute approximate surface area is 253 Å². The summed E-state index contributed by atoms with van der Waals surface area (Å²) in [6, 6.07) is 10.9. The van der Waals surface area contributed by atoms with Crippen LogP contribution in [-0.2, 0) is 22.4 Å². The third-order valence-corrected chi connectivity index (χ3v) is 7.80. The molecule has 1 heterocycles. The summed E-state index contributed by atoms with van der Waals surface area (Å²) in [4.78, 5) is 41.4. The number of methoxy groups -OCH3 is 3. The summed E-state index contributed by atoms with van der Waals surface area (Å²) in [6.45, 7) is 1.64. The van der Waals surface area contributed by atoms with Gasteiger partial charge >= 0.3 is 0 Å². The number of halogens is 1. The SMILES string of the molecule is COc1cc2c(c(OC)c1OC)-c1ccc(NCC(=O)NCCc3c[nH]c4ccc(F)cc34)c(=O)cc1[C@@H](NC(C)=O)CC2. The Bertz CT molecular complexity index is 1790. The summed E-state index contributed by atoms with van der Waals surface area (Å²) in [5.41, 5.74) is 4.58. The number of nitrogens with one attached hydrogen (secondary N) is 4. The highest BCUT2D eigenvalue weighted by Gasteiger charge is 2.29. The summed E-state index contributed by atoms with van der Waals surface area (Å²) >= 11 is 0. The lowest BCUT2D eigenvalue weighted by Crippen LogP contribution is -2.32. The molecule has 1 atom stereocenters. The fourth-order valence-electron chi connectivity index (χ4n) is 5.79. The number of aryl methyl sites for hydroxylation is 1. The lowest BCUT2D eigenvalue weighted by atomic mass is 9.95. The van der Waals surface area contributed by atoms with Gasteiger partial charge in [-0.15, -0.1) is 0 Å². The van der Waals surface area contributed by atoms with Crippen molar-refractivity contribution in [2.45, 2.75) is 32.2 Å². The number of anilines is 1. The van der Waals surface area contributed by atoms with Crippen molar-refractivity contribution in [3.63, 3.8) is 0 Å². The number of benzene rings is 2. The second-order valence-corrected chi connectivity index (χ2v) is 10.6. The lowest BCUT2D eigenvalue weighted by molar-refractivity contribution is -0.120. The van der Waals surface area contributed by atoms with Crippen LogP contribution in [-0.4, -0.2) is 51.2 Å². The first kappa shape index (κ1) is 30.4.